The second-order valence-corrected chi connectivity index (χ2v) is 12.5. The number of allylic oxidation sites excluding steroid dienone is 1. The Morgan fingerprint density at radius 2 is 1.71 bits per heavy atom. The highest BCUT2D eigenvalue weighted by atomic mass is 32.1. The van der Waals surface area contributed by atoms with Crippen molar-refractivity contribution in [3.63, 3.8) is 0 Å². The molecule has 2 aliphatic rings. The number of carbonyl (C=O) groups excluding carboxylic acids is 1. The van der Waals surface area contributed by atoms with Gasteiger partial charge in [-0.2, -0.15) is 0 Å². The van der Waals surface area contributed by atoms with E-state index < -0.39 is 6.04 Å². The third-order valence-corrected chi connectivity index (χ3v) is 9.17. The van der Waals surface area contributed by atoms with E-state index in [9.17, 15) is 9.59 Å². The summed E-state index contributed by atoms with van der Waals surface area (Å²) in [5.74, 6) is 0.113. The Balaban J connectivity index is 1.45. The van der Waals surface area contributed by atoms with Crippen molar-refractivity contribution < 1.29 is 4.79 Å². The number of aryl methyl sites for hydroxylation is 1. The lowest BCUT2D eigenvalue weighted by Gasteiger charge is -2.25. The largest absolute Gasteiger partial charge is 0.371 e. The maximum atomic E-state index is 14.1. The normalized spacial score (nSPS) is 17.0. The maximum absolute atomic E-state index is 14.1. The van der Waals surface area contributed by atoms with Crippen LogP contribution in [0, 0.1) is 6.92 Å². The van der Waals surface area contributed by atoms with Gasteiger partial charge in [0.15, 0.2) is 4.80 Å². The number of nitrogens with zero attached hydrogens (tertiary/aromatic N) is 3. The monoisotopic (exact) mass is 576 g/mol. The molecule has 1 aromatic heterocycles. The molecule has 0 unspecified atom stereocenters. The minimum atomic E-state index is -0.590. The van der Waals surface area contributed by atoms with Crippen molar-refractivity contribution in [3.05, 3.63) is 126 Å². The number of fused-ring (bicyclic) bond motifs is 1. The molecule has 0 aliphatic carbocycles. The molecule has 1 atom stereocenters. The number of carbonyl (C=O) groups is 1. The number of nitrogens with one attached hydrogen (secondary N) is 1. The first-order valence-electron chi connectivity index (χ1n) is 14.6. The lowest BCUT2D eigenvalue weighted by molar-refractivity contribution is -0.113. The van der Waals surface area contributed by atoms with Crippen molar-refractivity contribution in [1.29, 1.82) is 0 Å². The van der Waals surface area contributed by atoms with Crippen LogP contribution in [0.2, 0.25) is 0 Å². The molecular weight excluding hydrogens is 540 g/mol. The lowest BCUT2D eigenvalue weighted by Crippen LogP contribution is -2.40. The van der Waals surface area contributed by atoms with Crippen LogP contribution >= 0.6 is 11.3 Å². The molecule has 0 saturated carbocycles. The van der Waals surface area contributed by atoms with E-state index in [1.165, 1.54) is 41.0 Å². The lowest BCUT2D eigenvalue weighted by atomic mass is 9.93. The maximum Gasteiger partial charge on any atom is 0.271 e. The zero-order chi connectivity index (χ0) is 29.4. The zero-order valence-electron chi connectivity index (χ0n) is 24.6. The predicted octanol–water partition coefficient (Wildman–Crippen LogP) is 5.91. The third-order valence-electron chi connectivity index (χ3n) is 8.18. The van der Waals surface area contributed by atoms with Crippen molar-refractivity contribution >= 4 is 34.7 Å². The molecule has 1 fully saturated rings. The number of thiazole rings is 1. The Kier molecular flexibility index (Phi) is 7.69. The molecule has 3 heterocycles. The quantitative estimate of drug-likeness (QED) is 0.311. The first kappa shape index (κ1) is 27.9. The average molecular weight is 577 g/mol. The predicted molar refractivity (Wildman–Crippen MR) is 172 cm³/mol. The molecule has 2 aliphatic heterocycles. The summed E-state index contributed by atoms with van der Waals surface area (Å²) in [6.45, 7) is 10.5. The van der Waals surface area contributed by atoms with Crippen LogP contribution in [-0.4, -0.2) is 23.6 Å². The number of rotatable bonds is 6. The Labute approximate surface area is 250 Å². The smallest absolute Gasteiger partial charge is 0.271 e. The van der Waals surface area contributed by atoms with Gasteiger partial charge >= 0.3 is 0 Å². The number of anilines is 2. The molecule has 0 spiro atoms. The van der Waals surface area contributed by atoms with Gasteiger partial charge in [0.2, 0.25) is 0 Å². The molecular formula is C35H36N4O2S. The number of para-hydroxylation sites is 1. The first-order valence-corrected chi connectivity index (χ1v) is 15.5. The van der Waals surface area contributed by atoms with Gasteiger partial charge in [-0.1, -0.05) is 73.7 Å². The van der Waals surface area contributed by atoms with Gasteiger partial charge in [0.1, 0.15) is 0 Å². The molecule has 0 radical (unpaired) electrons. The van der Waals surface area contributed by atoms with E-state index in [0.717, 1.165) is 24.2 Å². The first-order chi connectivity index (χ1) is 20.3. The Morgan fingerprint density at radius 1 is 1.00 bits per heavy atom. The van der Waals surface area contributed by atoms with Crippen molar-refractivity contribution in [2.75, 3.05) is 23.3 Å². The van der Waals surface area contributed by atoms with E-state index in [1.807, 2.05) is 55.5 Å². The minimum Gasteiger partial charge on any atom is -0.371 e. The molecule has 214 valence electrons. The third kappa shape index (κ3) is 5.37. The summed E-state index contributed by atoms with van der Waals surface area (Å²) >= 11 is 1.37. The standard InChI is InChI=1S/C35H36N4O2S/c1-22(2)26-13-15-27(16-14-26)32-31(33(40)37-28-10-6-5-7-11-28)24(4)36-35-39(32)34(41)30(42-35)21-25-12-17-29(23(3)20-25)38-18-8-9-19-38/h5-7,10-17,20-22,32H,8-9,18-19H2,1-4H3,(H,37,40)/b30-21+/t32-/m1/s1. The Hall–Kier alpha value is -4.23. The molecule has 3 aromatic carbocycles. The highest BCUT2D eigenvalue weighted by Crippen LogP contribution is 2.32. The molecule has 1 N–H and O–H groups in total. The second kappa shape index (κ2) is 11.6. The highest BCUT2D eigenvalue weighted by Gasteiger charge is 2.32. The Morgan fingerprint density at radius 3 is 2.38 bits per heavy atom. The Bertz CT molecular complexity index is 1840. The molecule has 42 heavy (non-hydrogen) atoms. The zero-order valence-corrected chi connectivity index (χ0v) is 25.4. The molecule has 7 heteroatoms. The van der Waals surface area contributed by atoms with Crippen LogP contribution in [0.25, 0.3) is 6.08 Å². The highest BCUT2D eigenvalue weighted by molar-refractivity contribution is 7.07. The minimum absolute atomic E-state index is 0.143. The van der Waals surface area contributed by atoms with Crippen LogP contribution in [0.1, 0.15) is 67.8 Å². The van der Waals surface area contributed by atoms with Gasteiger partial charge < -0.3 is 10.2 Å². The summed E-state index contributed by atoms with van der Waals surface area (Å²) in [5.41, 5.74) is 7.17. The van der Waals surface area contributed by atoms with Gasteiger partial charge in [-0.3, -0.25) is 14.2 Å². The van der Waals surface area contributed by atoms with Crippen LogP contribution in [0.3, 0.4) is 0 Å². The molecule has 6 rings (SSSR count). The van der Waals surface area contributed by atoms with Crippen LogP contribution in [0.5, 0.6) is 0 Å². The molecule has 0 bridgehead atoms. The van der Waals surface area contributed by atoms with Crippen LogP contribution in [0.15, 0.2) is 93.9 Å². The van der Waals surface area contributed by atoms with Gasteiger partial charge in [-0.05, 0) is 85.2 Å². The van der Waals surface area contributed by atoms with Gasteiger partial charge in [0.05, 0.1) is 21.8 Å². The number of benzene rings is 3. The molecule has 1 saturated heterocycles. The number of amides is 1. The van der Waals surface area contributed by atoms with Crippen molar-refractivity contribution in [1.82, 2.24) is 4.57 Å². The van der Waals surface area contributed by atoms with Crippen molar-refractivity contribution in [2.24, 2.45) is 4.99 Å². The fraction of sp³-hybridized carbons (Fsp3) is 0.286. The van der Waals surface area contributed by atoms with E-state index in [-0.39, 0.29) is 11.5 Å². The summed E-state index contributed by atoms with van der Waals surface area (Å²) in [7, 11) is 0. The van der Waals surface area contributed by atoms with Gasteiger partial charge in [0.25, 0.3) is 11.5 Å². The summed E-state index contributed by atoms with van der Waals surface area (Å²) in [4.78, 5) is 35.7. The average Bonchev–Trinajstić information content (AvgIpc) is 3.61. The van der Waals surface area contributed by atoms with Crippen LogP contribution < -0.4 is 25.1 Å². The van der Waals surface area contributed by atoms with Gasteiger partial charge in [-0.15, -0.1) is 0 Å². The summed E-state index contributed by atoms with van der Waals surface area (Å²) in [6.07, 6.45) is 4.41. The van der Waals surface area contributed by atoms with E-state index in [4.69, 9.17) is 4.99 Å². The van der Waals surface area contributed by atoms with E-state index in [1.54, 1.807) is 4.57 Å². The number of aromatic nitrogens is 1. The topological polar surface area (TPSA) is 66.7 Å². The number of hydrogen-bond acceptors (Lipinski definition) is 5. The fourth-order valence-electron chi connectivity index (χ4n) is 5.94. The second-order valence-electron chi connectivity index (χ2n) is 11.5. The SMILES string of the molecule is CC1=C(C(=O)Nc2ccccc2)[C@@H](c2ccc(C(C)C)cc2)n2c(s/c(=C/c3ccc(N4CCCC4)c(C)c3)c2=O)=N1. The van der Waals surface area contributed by atoms with Crippen LogP contribution in [-0.2, 0) is 4.79 Å². The molecule has 6 nitrogen and oxygen atoms in total. The summed E-state index contributed by atoms with van der Waals surface area (Å²) in [6, 6.07) is 23.4. The van der Waals surface area contributed by atoms with Gasteiger partial charge in [-0.25, -0.2) is 4.99 Å². The summed E-state index contributed by atoms with van der Waals surface area (Å²) < 4.78 is 2.29. The summed E-state index contributed by atoms with van der Waals surface area (Å²) in [5, 5.41) is 3.02. The van der Waals surface area contributed by atoms with Crippen LogP contribution in [0.4, 0.5) is 11.4 Å². The fourth-order valence-corrected chi connectivity index (χ4v) is 6.99. The molecule has 4 aromatic rings. The molecule has 1 amide bonds. The van der Waals surface area contributed by atoms with Crippen molar-refractivity contribution in [2.45, 2.75) is 52.5 Å². The number of hydrogen-bond donors (Lipinski definition) is 1. The van der Waals surface area contributed by atoms with E-state index in [0.29, 0.717) is 32.2 Å². The van der Waals surface area contributed by atoms with E-state index >= 15 is 0 Å². The van der Waals surface area contributed by atoms with Crippen molar-refractivity contribution in [3.8, 4) is 0 Å². The van der Waals surface area contributed by atoms with Gasteiger partial charge in [0, 0.05) is 24.5 Å². The van der Waals surface area contributed by atoms with E-state index in [2.05, 4.69) is 61.3 Å².